The summed E-state index contributed by atoms with van der Waals surface area (Å²) in [5.41, 5.74) is -3.09. The number of thioether (sulfide) groups is 1. The van der Waals surface area contributed by atoms with Gasteiger partial charge < -0.3 is 10.1 Å². The van der Waals surface area contributed by atoms with Gasteiger partial charge in [-0.2, -0.15) is 13.2 Å². The van der Waals surface area contributed by atoms with Gasteiger partial charge >= 0.3 is 11.5 Å². The Bertz CT molecular complexity index is 1220. The van der Waals surface area contributed by atoms with Crippen LogP contribution in [0.25, 0.3) is 11.3 Å². The molecular formula is C24H20F3N3O3S. The van der Waals surface area contributed by atoms with Gasteiger partial charge in [0, 0.05) is 23.1 Å². The van der Waals surface area contributed by atoms with Crippen LogP contribution in [0.4, 0.5) is 23.7 Å². The summed E-state index contributed by atoms with van der Waals surface area (Å²) in [4.78, 5) is 31.2. The number of benzene rings is 2. The Hall–Kier alpha value is -3.53. The third-order valence-corrected chi connectivity index (χ3v) is 6.10. The number of halogens is 3. The van der Waals surface area contributed by atoms with Crippen molar-refractivity contribution in [3.63, 3.8) is 0 Å². The van der Waals surface area contributed by atoms with Crippen molar-refractivity contribution in [3.05, 3.63) is 72.4 Å². The fraction of sp³-hybridized carbons (Fsp3) is 0.208. The van der Waals surface area contributed by atoms with Gasteiger partial charge in [-0.15, -0.1) is 0 Å². The van der Waals surface area contributed by atoms with Crippen LogP contribution in [0.15, 0.2) is 71.8 Å². The van der Waals surface area contributed by atoms with Crippen molar-refractivity contribution < 1.29 is 27.5 Å². The van der Waals surface area contributed by atoms with E-state index in [4.69, 9.17) is 4.74 Å². The molecular weight excluding hydrogens is 467 g/mol. The van der Waals surface area contributed by atoms with Crippen LogP contribution in [0.2, 0.25) is 0 Å². The van der Waals surface area contributed by atoms with Crippen LogP contribution >= 0.6 is 11.8 Å². The predicted octanol–water partition coefficient (Wildman–Crippen LogP) is 5.43. The lowest BCUT2D eigenvalue weighted by Gasteiger charge is -2.22. The number of amides is 3. The maximum atomic E-state index is 13.2. The molecule has 1 aliphatic rings. The predicted molar refractivity (Wildman–Crippen MR) is 123 cm³/mol. The number of rotatable bonds is 6. The zero-order chi connectivity index (χ0) is 24.5. The van der Waals surface area contributed by atoms with E-state index >= 15 is 0 Å². The number of hydrogen-bond donors (Lipinski definition) is 1. The van der Waals surface area contributed by atoms with Crippen molar-refractivity contribution in [2.24, 2.45) is 0 Å². The molecule has 0 radical (unpaired) electrons. The third kappa shape index (κ3) is 5.01. The van der Waals surface area contributed by atoms with Gasteiger partial charge in [-0.05, 0) is 84.9 Å². The van der Waals surface area contributed by atoms with Gasteiger partial charge in [0.25, 0.3) is 5.91 Å². The zero-order valence-corrected chi connectivity index (χ0v) is 19.0. The maximum Gasteiger partial charge on any atom is 0.446 e. The lowest BCUT2D eigenvalue weighted by atomic mass is 9.92. The third-order valence-electron chi connectivity index (χ3n) is 5.36. The van der Waals surface area contributed by atoms with Crippen molar-refractivity contribution in [3.8, 4) is 17.0 Å². The SMILES string of the molecule is COc1ccc(-c2cc(CC3(C)NC(=O)N(c4ccc(SC(F)(F)F)cc4)C3=O)ccn2)cc1. The van der Waals surface area contributed by atoms with E-state index in [0.717, 1.165) is 21.8 Å². The molecule has 2 aromatic carbocycles. The number of hydrogen-bond acceptors (Lipinski definition) is 5. The summed E-state index contributed by atoms with van der Waals surface area (Å²) in [5.74, 6) is 0.230. The Balaban J connectivity index is 1.53. The molecule has 1 unspecified atom stereocenters. The van der Waals surface area contributed by atoms with E-state index in [0.29, 0.717) is 5.69 Å². The van der Waals surface area contributed by atoms with Crippen LogP contribution in [0.3, 0.4) is 0 Å². The summed E-state index contributed by atoms with van der Waals surface area (Å²) in [7, 11) is 1.58. The van der Waals surface area contributed by atoms with Crippen molar-refractivity contribution in [2.45, 2.75) is 29.3 Å². The molecule has 34 heavy (non-hydrogen) atoms. The number of aromatic nitrogens is 1. The van der Waals surface area contributed by atoms with E-state index in [1.54, 1.807) is 26.3 Å². The van der Waals surface area contributed by atoms with E-state index in [1.165, 1.54) is 24.3 Å². The highest BCUT2D eigenvalue weighted by Crippen LogP contribution is 2.38. The van der Waals surface area contributed by atoms with Crippen molar-refractivity contribution in [1.82, 2.24) is 10.3 Å². The summed E-state index contributed by atoms with van der Waals surface area (Å²) in [6, 6.07) is 15.5. The highest BCUT2D eigenvalue weighted by Gasteiger charge is 2.48. The number of methoxy groups -OCH3 is 1. The summed E-state index contributed by atoms with van der Waals surface area (Å²) in [5, 5.41) is 2.72. The van der Waals surface area contributed by atoms with Gasteiger partial charge in [-0.1, -0.05) is 0 Å². The van der Waals surface area contributed by atoms with Gasteiger partial charge in [0.05, 0.1) is 18.5 Å². The van der Waals surface area contributed by atoms with E-state index in [-0.39, 0.29) is 28.8 Å². The number of anilines is 1. The molecule has 1 fully saturated rings. The van der Waals surface area contributed by atoms with Crippen molar-refractivity contribution in [1.29, 1.82) is 0 Å². The molecule has 2 heterocycles. The number of nitrogens with one attached hydrogen (secondary N) is 1. The molecule has 1 aromatic heterocycles. The minimum absolute atomic E-state index is 0.0334. The number of imide groups is 1. The van der Waals surface area contributed by atoms with Gasteiger partial charge in [-0.3, -0.25) is 9.78 Å². The average molecular weight is 488 g/mol. The Morgan fingerprint density at radius 3 is 2.35 bits per heavy atom. The Morgan fingerprint density at radius 2 is 1.74 bits per heavy atom. The molecule has 176 valence electrons. The lowest BCUT2D eigenvalue weighted by Crippen LogP contribution is -2.46. The molecule has 0 aliphatic carbocycles. The van der Waals surface area contributed by atoms with Crippen LogP contribution < -0.4 is 15.0 Å². The normalized spacial score (nSPS) is 18.2. The van der Waals surface area contributed by atoms with E-state index in [1.807, 2.05) is 30.3 Å². The number of pyridine rings is 1. The molecule has 10 heteroatoms. The van der Waals surface area contributed by atoms with E-state index < -0.39 is 23.0 Å². The zero-order valence-electron chi connectivity index (χ0n) is 18.2. The van der Waals surface area contributed by atoms with Crippen LogP contribution in [0, 0.1) is 0 Å². The fourth-order valence-corrected chi connectivity index (χ4v) is 4.29. The largest absolute Gasteiger partial charge is 0.497 e. The van der Waals surface area contributed by atoms with Crippen LogP contribution in [-0.2, 0) is 11.2 Å². The number of alkyl halides is 3. The highest BCUT2D eigenvalue weighted by molar-refractivity contribution is 8.00. The number of carbonyl (C=O) groups is 2. The van der Waals surface area contributed by atoms with Gasteiger partial charge in [0.1, 0.15) is 11.3 Å². The molecule has 1 atom stereocenters. The van der Waals surface area contributed by atoms with Crippen LogP contribution in [0.1, 0.15) is 12.5 Å². The average Bonchev–Trinajstić information content (AvgIpc) is 3.01. The van der Waals surface area contributed by atoms with Gasteiger partial charge in [-0.25, -0.2) is 9.69 Å². The monoisotopic (exact) mass is 487 g/mol. The number of urea groups is 1. The summed E-state index contributed by atoms with van der Waals surface area (Å²) in [6.45, 7) is 1.62. The number of nitrogens with zero attached hydrogens (tertiary/aromatic N) is 2. The van der Waals surface area contributed by atoms with Gasteiger partial charge in [0.2, 0.25) is 0 Å². The van der Waals surface area contributed by atoms with Gasteiger partial charge in [0.15, 0.2) is 0 Å². The van der Waals surface area contributed by atoms with Crippen molar-refractivity contribution >= 4 is 29.4 Å². The second-order valence-electron chi connectivity index (χ2n) is 7.90. The molecule has 0 bridgehead atoms. The summed E-state index contributed by atoms with van der Waals surface area (Å²) in [6.07, 6.45) is 1.84. The Kier molecular flexibility index (Phi) is 6.26. The molecule has 1 saturated heterocycles. The molecule has 3 aromatic rings. The van der Waals surface area contributed by atoms with Crippen LogP contribution in [0.5, 0.6) is 5.75 Å². The van der Waals surface area contributed by atoms with E-state index in [2.05, 4.69) is 10.3 Å². The molecule has 4 rings (SSSR count). The Labute approximate surface area is 198 Å². The molecule has 1 N–H and O–H groups in total. The molecule has 1 aliphatic heterocycles. The second kappa shape index (κ2) is 9.02. The first kappa shape index (κ1) is 23.6. The first-order chi connectivity index (χ1) is 16.1. The quantitative estimate of drug-likeness (QED) is 0.371. The number of carbonyl (C=O) groups excluding carboxylic acids is 2. The number of ether oxygens (including phenoxy) is 1. The van der Waals surface area contributed by atoms with Crippen molar-refractivity contribution in [2.75, 3.05) is 12.0 Å². The minimum Gasteiger partial charge on any atom is -0.497 e. The summed E-state index contributed by atoms with van der Waals surface area (Å²) >= 11 is -0.260. The highest BCUT2D eigenvalue weighted by atomic mass is 32.2. The molecule has 0 saturated carbocycles. The first-order valence-electron chi connectivity index (χ1n) is 10.2. The lowest BCUT2D eigenvalue weighted by molar-refractivity contribution is -0.121. The smallest absolute Gasteiger partial charge is 0.446 e. The maximum absolute atomic E-state index is 13.2. The van der Waals surface area contributed by atoms with E-state index in [9.17, 15) is 22.8 Å². The fourth-order valence-electron chi connectivity index (χ4n) is 3.75. The standard InChI is InChI=1S/C24H20F3N3O3S/c1-23(14-15-11-12-28-20(13-15)16-3-7-18(33-2)8-4-16)21(31)30(22(32)29-23)17-5-9-19(10-6-17)34-24(25,26)27/h3-13H,14H2,1-2H3,(H,29,32). The van der Waals surface area contributed by atoms with Crippen LogP contribution in [-0.4, -0.2) is 35.1 Å². The second-order valence-corrected chi connectivity index (χ2v) is 9.04. The minimum atomic E-state index is -4.42. The Morgan fingerprint density at radius 1 is 1.06 bits per heavy atom. The first-order valence-corrected chi connectivity index (χ1v) is 11.0. The molecule has 0 spiro atoms. The summed E-state index contributed by atoms with van der Waals surface area (Å²) < 4.78 is 42.9. The topological polar surface area (TPSA) is 71.5 Å². The molecule has 6 nitrogen and oxygen atoms in total. The molecule has 3 amide bonds.